The first kappa shape index (κ1) is 12.2. The molecule has 0 radical (unpaired) electrons. The van der Waals surface area contributed by atoms with Crippen LogP contribution in [0.4, 0.5) is 4.79 Å². The first-order valence-corrected chi connectivity index (χ1v) is 5.99. The third-order valence-corrected chi connectivity index (χ3v) is 3.12. The molecule has 0 heterocycles. The normalized spacial score (nSPS) is 31.6. The van der Waals surface area contributed by atoms with Crippen LogP contribution in [0, 0.1) is 11.8 Å². The van der Waals surface area contributed by atoms with Gasteiger partial charge in [0, 0.05) is 12.3 Å². The minimum Gasteiger partial charge on any atom is -0.444 e. The molecule has 0 unspecified atom stereocenters. The van der Waals surface area contributed by atoms with Crippen molar-refractivity contribution in [3.63, 3.8) is 0 Å². The predicted octanol–water partition coefficient (Wildman–Crippen LogP) is 1.81. The maximum Gasteiger partial charge on any atom is 0.410 e. The Morgan fingerprint density at radius 1 is 1.41 bits per heavy atom. The van der Waals surface area contributed by atoms with Gasteiger partial charge >= 0.3 is 6.09 Å². The van der Waals surface area contributed by atoms with Crippen LogP contribution in [-0.2, 0) is 14.3 Å². The van der Waals surface area contributed by atoms with E-state index in [9.17, 15) is 9.59 Å². The number of hydrogen-bond donors (Lipinski definition) is 1. The summed E-state index contributed by atoms with van der Waals surface area (Å²) in [6.07, 6.45) is 2.49. The van der Waals surface area contributed by atoms with Gasteiger partial charge in [0.15, 0.2) is 5.72 Å². The van der Waals surface area contributed by atoms with Crippen LogP contribution in [0.2, 0.25) is 0 Å². The van der Waals surface area contributed by atoms with Crippen molar-refractivity contribution in [3.8, 4) is 0 Å². The molecule has 1 amide bonds. The molecule has 17 heavy (non-hydrogen) atoms. The molecule has 0 aromatic carbocycles. The summed E-state index contributed by atoms with van der Waals surface area (Å²) in [4.78, 5) is 22.1. The lowest BCUT2D eigenvalue weighted by atomic mass is 10.2. The van der Waals surface area contributed by atoms with E-state index in [4.69, 9.17) is 9.47 Å². The zero-order valence-electron chi connectivity index (χ0n) is 10.5. The van der Waals surface area contributed by atoms with Crippen molar-refractivity contribution in [1.29, 1.82) is 0 Å². The molecule has 1 N–H and O–H groups in total. The maximum atomic E-state index is 11.6. The number of nitrogens with one attached hydrogen (secondary N) is 1. The lowest BCUT2D eigenvalue weighted by Gasteiger charge is -2.23. The molecule has 0 spiro atoms. The Labute approximate surface area is 101 Å². The summed E-state index contributed by atoms with van der Waals surface area (Å²) in [6, 6.07) is 0. The van der Waals surface area contributed by atoms with Gasteiger partial charge in [-0.15, -0.1) is 0 Å². The van der Waals surface area contributed by atoms with Gasteiger partial charge in [0.1, 0.15) is 5.60 Å². The van der Waals surface area contributed by atoms with Gasteiger partial charge in [-0.05, 0) is 39.5 Å². The summed E-state index contributed by atoms with van der Waals surface area (Å²) in [6.45, 7) is 5.79. The van der Waals surface area contributed by atoms with Crippen molar-refractivity contribution < 1.29 is 19.1 Å². The largest absolute Gasteiger partial charge is 0.444 e. The highest BCUT2D eigenvalue weighted by Gasteiger charge is 2.64. The van der Waals surface area contributed by atoms with Crippen molar-refractivity contribution in [1.82, 2.24) is 5.32 Å². The molecule has 2 atom stereocenters. The van der Waals surface area contributed by atoms with Crippen LogP contribution in [0.3, 0.4) is 0 Å². The number of amides is 1. The van der Waals surface area contributed by atoms with Gasteiger partial charge in [0.2, 0.25) is 0 Å². The minimum atomic E-state index is -0.800. The Balaban J connectivity index is 1.90. The third kappa shape index (κ3) is 2.90. The number of ether oxygens (including phenoxy) is 2. The molecule has 0 bridgehead atoms. The topological polar surface area (TPSA) is 64.6 Å². The smallest absolute Gasteiger partial charge is 0.410 e. The van der Waals surface area contributed by atoms with Gasteiger partial charge in [-0.1, -0.05) is 0 Å². The van der Waals surface area contributed by atoms with Crippen molar-refractivity contribution in [2.45, 2.75) is 51.4 Å². The van der Waals surface area contributed by atoms with Crippen molar-refractivity contribution >= 4 is 12.6 Å². The maximum absolute atomic E-state index is 11.6. The van der Waals surface area contributed by atoms with Crippen LogP contribution < -0.4 is 5.32 Å². The van der Waals surface area contributed by atoms with Crippen LogP contribution >= 0.6 is 0 Å². The van der Waals surface area contributed by atoms with E-state index in [1.54, 1.807) is 20.8 Å². The van der Waals surface area contributed by atoms with E-state index < -0.39 is 17.4 Å². The first-order valence-electron chi connectivity index (χ1n) is 5.99. The molecule has 0 saturated heterocycles. The Bertz CT molecular complexity index is 332. The van der Waals surface area contributed by atoms with Gasteiger partial charge in [0.05, 0.1) is 0 Å². The van der Waals surface area contributed by atoms with Crippen molar-refractivity contribution in [2.24, 2.45) is 11.8 Å². The van der Waals surface area contributed by atoms with Gasteiger partial charge in [0.25, 0.3) is 6.47 Å². The second-order valence-electron chi connectivity index (χ2n) is 5.88. The van der Waals surface area contributed by atoms with E-state index in [0.717, 1.165) is 12.8 Å². The van der Waals surface area contributed by atoms with Crippen molar-refractivity contribution in [3.05, 3.63) is 0 Å². The van der Waals surface area contributed by atoms with Crippen LogP contribution in [-0.4, -0.2) is 23.9 Å². The average Bonchev–Trinajstić information content (AvgIpc) is 2.94. The molecule has 96 valence electrons. The quantitative estimate of drug-likeness (QED) is 0.602. The minimum absolute atomic E-state index is 0.264. The number of carbonyl (C=O) groups excluding carboxylic acids is 2. The molecular formula is C12H19NO4. The lowest BCUT2D eigenvalue weighted by Crippen LogP contribution is -2.43. The van der Waals surface area contributed by atoms with Crippen LogP contribution in [0.25, 0.3) is 0 Å². The van der Waals surface area contributed by atoms with Crippen LogP contribution in [0.5, 0.6) is 0 Å². The summed E-state index contributed by atoms with van der Waals surface area (Å²) in [5.74, 6) is 0.852. The summed E-state index contributed by atoms with van der Waals surface area (Å²) < 4.78 is 10.2. The van der Waals surface area contributed by atoms with E-state index in [1.165, 1.54) is 0 Å². The Hall–Kier alpha value is -1.26. The van der Waals surface area contributed by atoms with E-state index >= 15 is 0 Å². The van der Waals surface area contributed by atoms with Gasteiger partial charge in [-0.25, -0.2) is 4.79 Å². The van der Waals surface area contributed by atoms with Gasteiger partial charge < -0.3 is 9.47 Å². The van der Waals surface area contributed by atoms with E-state index in [0.29, 0.717) is 18.8 Å². The summed E-state index contributed by atoms with van der Waals surface area (Å²) >= 11 is 0. The monoisotopic (exact) mass is 241 g/mol. The van der Waals surface area contributed by atoms with Crippen LogP contribution in [0.15, 0.2) is 0 Å². The third-order valence-electron chi connectivity index (χ3n) is 3.12. The average molecular weight is 241 g/mol. The number of rotatable bonds is 4. The predicted molar refractivity (Wildman–Crippen MR) is 60.1 cm³/mol. The first-order chi connectivity index (χ1) is 7.86. The molecular weight excluding hydrogens is 222 g/mol. The fourth-order valence-electron chi connectivity index (χ4n) is 2.18. The second-order valence-corrected chi connectivity index (χ2v) is 5.88. The number of alkyl carbamates (subject to hydrolysis) is 1. The summed E-state index contributed by atoms with van der Waals surface area (Å²) in [5, 5.41) is 2.68. The Morgan fingerprint density at radius 2 is 2.06 bits per heavy atom. The van der Waals surface area contributed by atoms with E-state index in [2.05, 4.69) is 5.32 Å². The molecule has 5 heteroatoms. The lowest BCUT2D eigenvalue weighted by molar-refractivity contribution is -0.138. The fourth-order valence-corrected chi connectivity index (χ4v) is 2.18. The Kier molecular flexibility index (Phi) is 2.79. The molecule has 2 fully saturated rings. The Morgan fingerprint density at radius 3 is 2.53 bits per heavy atom. The zero-order valence-corrected chi connectivity index (χ0v) is 10.5. The molecule has 2 aliphatic rings. The second kappa shape index (κ2) is 3.89. The summed E-state index contributed by atoms with van der Waals surface area (Å²) in [5.41, 5.74) is -1.35. The van der Waals surface area contributed by atoms with Gasteiger partial charge in [-0.3, -0.25) is 10.1 Å². The molecule has 2 rings (SSSR count). The summed E-state index contributed by atoms with van der Waals surface area (Å²) in [7, 11) is 0. The molecule has 0 aliphatic heterocycles. The van der Waals surface area contributed by atoms with Gasteiger partial charge in [-0.2, -0.15) is 0 Å². The highest BCUT2D eigenvalue weighted by atomic mass is 16.6. The molecule has 5 nitrogen and oxygen atoms in total. The number of carbonyl (C=O) groups is 2. The number of hydrogen-bond acceptors (Lipinski definition) is 4. The molecule has 0 aromatic heterocycles. The SMILES string of the molecule is CC(C)(C)OC(=O)N[C@@]1(OC=O)C[C@@H]1C1CC1. The molecule has 2 aliphatic carbocycles. The highest BCUT2D eigenvalue weighted by molar-refractivity contribution is 5.69. The highest BCUT2D eigenvalue weighted by Crippen LogP contribution is 2.57. The van der Waals surface area contributed by atoms with E-state index in [-0.39, 0.29) is 5.92 Å². The molecule has 2 saturated carbocycles. The molecule has 0 aromatic rings. The van der Waals surface area contributed by atoms with Crippen molar-refractivity contribution in [2.75, 3.05) is 0 Å². The van der Waals surface area contributed by atoms with E-state index in [1.807, 2.05) is 0 Å². The standard InChI is InChI=1S/C12H19NO4/c1-11(2,3)17-10(15)13-12(16-7-14)6-9(12)8-4-5-8/h7-9H,4-6H2,1-3H3,(H,13,15)/t9-,12-/m1/s1. The van der Waals surface area contributed by atoms with Crippen LogP contribution in [0.1, 0.15) is 40.0 Å². The fraction of sp³-hybridized carbons (Fsp3) is 0.833. The zero-order chi connectivity index (χ0) is 12.7.